The first-order valence-electron chi connectivity index (χ1n) is 3.84. The maximum absolute atomic E-state index is 11.3. The zero-order valence-electron chi connectivity index (χ0n) is 6.91. The smallest absolute Gasteiger partial charge is 0.245 e. The van der Waals surface area contributed by atoms with Crippen molar-refractivity contribution in [2.75, 3.05) is 19.7 Å². The maximum atomic E-state index is 11.3. The molecule has 12 heavy (non-hydrogen) atoms. The van der Waals surface area contributed by atoms with Gasteiger partial charge in [-0.25, -0.2) is 0 Å². The Hall–Kier alpha value is -1.10. The van der Waals surface area contributed by atoms with Gasteiger partial charge in [0.25, 0.3) is 0 Å². The van der Waals surface area contributed by atoms with Crippen LogP contribution < -0.4 is 5.32 Å². The van der Waals surface area contributed by atoms with E-state index in [4.69, 9.17) is 5.11 Å². The minimum Gasteiger partial charge on any atom is -0.395 e. The molecule has 1 fully saturated rings. The summed E-state index contributed by atoms with van der Waals surface area (Å²) >= 11 is 0. The van der Waals surface area contributed by atoms with Crippen LogP contribution in [-0.2, 0) is 9.59 Å². The Morgan fingerprint density at radius 1 is 1.67 bits per heavy atom. The van der Waals surface area contributed by atoms with E-state index in [2.05, 4.69) is 5.32 Å². The minimum atomic E-state index is -0.460. The Morgan fingerprint density at radius 3 is 2.92 bits per heavy atom. The summed E-state index contributed by atoms with van der Waals surface area (Å²) in [5.74, 6) is -0.306. The number of rotatable bonds is 2. The Labute approximate surface area is 70.4 Å². The fraction of sp³-hybridized carbons (Fsp3) is 0.714. The lowest BCUT2D eigenvalue weighted by Gasteiger charge is -2.30. The van der Waals surface area contributed by atoms with Gasteiger partial charge in [0.15, 0.2) is 0 Å². The fourth-order valence-electron chi connectivity index (χ4n) is 1.18. The number of β-amino-alcohol motifs (C(OH)–C–C–N with tert-alkyl or cyclic N) is 1. The average Bonchev–Trinajstić information content (AvgIpc) is 2.00. The predicted molar refractivity (Wildman–Crippen MR) is 41.3 cm³/mol. The molecule has 1 rings (SSSR count). The van der Waals surface area contributed by atoms with E-state index in [9.17, 15) is 9.59 Å². The van der Waals surface area contributed by atoms with Crippen molar-refractivity contribution in [3.05, 3.63) is 0 Å². The number of carbonyl (C=O) groups is 2. The molecule has 0 aliphatic carbocycles. The molecule has 1 atom stereocenters. The monoisotopic (exact) mass is 172 g/mol. The summed E-state index contributed by atoms with van der Waals surface area (Å²) in [5.41, 5.74) is 0. The lowest BCUT2D eigenvalue weighted by atomic mass is 10.2. The number of aliphatic hydroxyl groups is 1. The van der Waals surface area contributed by atoms with Gasteiger partial charge in [-0.1, -0.05) is 0 Å². The first-order valence-corrected chi connectivity index (χ1v) is 3.84. The van der Waals surface area contributed by atoms with Crippen LogP contribution in [0.3, 0.4) is 0 Å². The van der Waals surface area contributed by atoms with Crippen LogP contribution in [0.4, 0.5) is 0 Å². The highest BCUT2D eigenvalue weighted by molar-refractivity contribution is 5.94. The third kappa shape index (κ3) is 1.73. The van der Waals surface area contributed by atoms with Gasteiger partial charge in [0, 0.05) is 6.54 Å². The lowest BCUT2D eigenvalue weighted by Crippen LogP contribution is -2.57. The first-order chi connectivity index (χ1) is 5.65. The topological polar surface area (TPSA) is 69.6 Å². The molecule has 1 aliphatic rings. The van der Waals surface area contributed by atoms with E-state index in [1.165, 1.54) is 4.90 Å². The Morgan fingerprint density at radius 2 is 2.33 bits per heavy atom. The zero-order valence-corrected chi connectivity index (χ0v) is 6.91. The summed E-state index contributed by atoms with van der Waals surface area (Å²) < 4.78 is 0. The zero-order chi connectivity index (χ0) is 9.14. The molecular formula is C7H12N2O3. The van der Waals surface area contributed by atoms with Crippen molar-refractivity contribution in [2.45, 2.75) is 13.0 Å². The molecule has 0 aromatic heterocycles. The van der Waals surface area contributed by atoms with E-state index in [0.29, 0.717) is 0 Å². The van der Waals surface area contributed by atoms with Gasteiger partial charge in [0.2, 0.25) is 11.8 Å². The number of carbonyl (C=O) groups excluding carboxylic acids is 2. The van der Waals surface area contributed by atoms with Crippen LogP contribution in [0.25, 0.3) is 0 Å². The molecule has 0 saturated carbocycles. The van der Waals surface area contributed by atoms with Gasteiger partial charge in [-0.2, -0.15) is 0 Å². The van der Waals surface area contributed by atoms with Crippen molar-refractivity contribution in [2.24, 2.45) is 0 Å². The third-order valence-electron chi connectivity index (χ3n) is 1.76. The SMILES string of the molecule is CC1NC(=O)CN(CCO)C1=O. The molecule has 68 valence electrons. The number of hydrogen-bond acceptors (Lipinski definition) is 3. The predicted octanol–water partition coefficient (Wildman–Crippen LogP) is -1.67. The number of nitrogens with zero attached hydrogens (tertiary/aromatic N) is 1. The molecule has 1 saturated heterocycles. The van der Waals surface area contributed by atoms with Crippen molar-refractivity contribution >= 4 is 11.8 Å². The highest BCUT2D eigenvalue weighted by Gasteiger charge is 2.28. The minimum absolute atomic E-state index is 0.0593. The summed E-state index contributed by atoms with van der Waals surface area (Å²) in [6.45, 7) is 1.82. The Balaban J connectivity index is 2.60. The summed E-state index contributed by atoms with van der Waals surface area (Å²) in [5, 5.41) is 11.1. The van der Waals surface area contributed by atoms with E-state index in [1.807, 2.05) is 0 Å². The Kier molecular flexibility index (Phi) is 2.65. The molecule has 1 heterocycles. The van der Waals surface area contributed by atoms with Crippen molar-refractivity contribution in [1.82, 2.24) is 10.2 Å². The van der Waals surface area contributed by atoms with Gasteiger partial charge in [0.05, 0.1) is 13.2 Å². The molecule has 2 amide bonds. The highest BCUT2D eigenvalue weighted by atomic mass is 16.3. The molecule has 2 N–H and O–H groups in total. The first kappa shape index (κ1) is 8.99. The average molecular weight is 172 g/mol. The van der Waals surface area contributed by atoms with Crippen LogP contribution in [0, 0.1) is 0 Å². The largest absolute Gasteiger partial charge is 0.395 e. The molecule has 5 nitrogen and oxygen atoms in total. The second-order valence-electron chi connectivity index (χ2n) is 2.77. The number of amides is 2. The number of aliphatic hydroxyl groups excluding tert-OH is 1. The fourth-order valence-corrected chi connectivity index (χ4v) is 1.18. The maximum Gasteiger partial charge on any atom is 0.245 e. The van der Waals surface area contributed by atoms with Crippen LogP contribution >= 0.6 is 0 Å². The quantitative estimate of drug-likeness (QED) is 0.523. The van der Waals surface area contributed by atoms with Crippen molar-refractivity contribution in [3.8, 4) is 0 Å². The molecule has 5 heteroatoms. The third-order valence-corrected chi connectivity index (χ3v) is 1.76. The van der Waals surface area contributed by atoms with Crippen LogP contribution in [0.1, 0.15) is 6.92 Å². The molecule has 0 bridgehead atoms. The van der Waals surface area contributed by atoms with E-state index in [-0.39, 0.29) is 31.5 Å². The van der Waals surface area contributed by atoms with Crippen LogP contribution in [0.2, 0.25) is 0 Å². The van der Waals surface area contributed by atoms with Gasteiger partial charge in [-0.05, 0) is 6.92 Å². The molecule has 0 aromatic carbocycles. The van der Waals surface area contributed by atoms with Crippen LogP contribution in [0.5, 0.6) is 0 Å². The van der Waals surface area contributed by atoms with Crippen molar-refractivity contribution < 1.29 is 14.7 Å². The van der Waals surface area contributed by atoms with Gasteiger partial charge < -0.3 is 15.3 Å². The van der Waals surface area contributed by atoms with Crippen molar-refractivity contribution in [1.29, 1.82) is 0 Å². The van der Waals surface area contributed by atoms with Gasteiger partial charge in [0.1, 0.15) is 6.04 Å². The number of nitrogens with one attached hydrogen (secondary N) is 1. The van der Waals surface area contributed by atoms with Gasteiger partial charge in [-0.3, -0.25) is 9.59 Å². The standard InChI is InChI=1S/C7H12N2O3/c1-5-7(12)9(2-3-10)4-6(11)8-5/h5,10H,2-4H2,1H3,(H,8,11). The second-order valence-corrected chi connectivity index (χ2v) is 2.77. The summed E-state index contributed by atoms with van der Waals surface area (Å²) in [7, 11) is 0. The molecule has 0 aromatic rings. The van der Waals surface area contributed by atoms with E-state index >= 15 is 0 Å². The number of piperazine rings is 1. The molecule has 0 spiro atoms. The van der Waals surface area contributed by atoms with E-state index in [0.717, 1.165) is 0 Å². The van der Waals surface area contributed by atoms with Crippen molar-refractivity contribution in [3.63, 3.8) is 0 Å². The highest BCUT2D eigenvalue weighted by Crippen LogP contribution is 2.00. The van der Waals surface area contributed by atoms with Crippen LogP contribution in [0.15, 0.2) is 0 Å². The molecule has 1 unspecified atom stereocenters. The molecule has 0 radical (unpaired) electrons. The summed E-state index contributed by atoms with van der Waals surface area (Å²) in [4.78, 5) is 23.5. The number of hydrogen-bond donors (Lipinski definition) is 2. The summed E-state index contributed by atoms with van der Waals surface area (Å²) in [6.07, 6.45) is 0. The molecule has 1 aliphatic heterocycles. The van der Waals surface area contributed by atoms with E-state index in [1.54, 1.807) is 6.92 Å². The van der Waals surface area contributed by atoms with Crippen LogP contribution in [-0.4, -0.2) is 47.6 Å². The Bertz CT molecular complexity index is 205. The van der Waals surface area contributed by atoms with Gasteiger partial charge >= 0.3 is 0 Å². The summed E-state index contributed by atoms with van der Waals surface area (Å²) in [6, 6.07) is -0.460. The normalized spacial score (nSPS) is 24.2. The van der Waals surface area contributed by atoms with E-state index < -0.39 is 6.04 Å². The molecular weight excluding hydrogens is 160 g/mol. The second kappa shape index (κ2) is 3.53. The van der Waals surface area contributed by atoms with Gasteiger partial charge in [-0.15, -0.1) is 0 Å². The lowest BCUT2D eigenvalue weighted by molar-refractivity contribution is -0.144.